The molecule has 1 heterocycles. The van der Waals surface area contributed by atoms with Gasteiger partial charge in [0.25, 0.3) is 0 Å². The average Bonchev–Trinajstić information content (AvgIpc) is 2.53. The van der Waals surface area contributed by atoms with Crippen molar-refractivity contribution in [3.8, 4) is 0 Å². The van der Waals surface area contributed by atoms with E-state index in [1.54, 1.807) is 11.3 Å². The number of fused-ring (bicyclic) bond motifs is 1. The summed E-state index contributed by atoms with van der Waals surface area (Å²) in [6.45, 7) is 2.20. The highest BCUT2D eigenvalue weighted by Gasteiger charge is 2.00. The molecule has 0 N–H and O–H groups in total. The molecular weight excluding hydrogens is 164 g/mol. The van der Waals surface area contributed by atoms with Crippen molar-refractivity contribution in [2.75, 3.05) is 0 Å². The fourth-order valence-corrected chi connectivity index (χ4v) is 2.09. The molecular formula is C11H10S. The third-order valence-corrected chi connectivity index (χ3v) is 2.61. The van der Waals surface area contributed by atoms with Gasteiger partial charge in [0.15, 0.2) is 0 Å². The van der Waals surface area contributed by atoms with Crippen molar-refractivity contribution in [2.45, 2.75) is 19.8 Å². The predicted octanol–water partition coefficient (Wildman–Crippen LogP) is 3.45. The maximum absolute atomic E-state index is 3.26. The lowest BCUT2D eigenvalue weighted by molar-refractivity contribution is 0.930. The molecule has 0 aliphatic carbocycles. The molecule has 2 aromatic rings. The lowest BCUT2D eigenvalue weighted by Gasteiger charge is -1.98. The highest BCUT2D eigenvalue weighted by Crippen LogP contribution is 2.22. The van der Waals surface area contributed by atoms with Gasteiger partial charge in [0.05, 0.1) is 10.8 Å². The van der Waals surface area contributed by atoms with E-state index in [1.165, 1.54) is 22.8 Å². The Bertz CT molecular complexity index is 373. The molecule has 1 heteroatoms. The van der Waals surface area contributed by atoms with Gasteiger partial charge in [0.2, 0.25) is 0 Å². The predicted molar refractivity (Wildman–Crippen MR) is 53.5 cm³/mol. The van der Waals surface area contributed by atoms with Crippen molar-refractivity contribution in [3.05, 3.63) is 34.5 Å². The quantitative estimate of drug-likeness (QED) is 0.654. The van der Waals surface area contributed by atoms with Gasteiger partial charge in [-0.05, 0) is 12.0 Å². The standard InChI is InChI=1S/C11H10S/c1-2-4-9-5-3-6-10-7-12-8-11(9)10/h3,5-6H,2,4H2,1H3. The Morgan fingerprint density at radius 3 is 3.08 bits per heavy atom. The number of benzene rings is 1. The molecule has 0 fully saturated rings. The fourth-order valence-electron chi connectivity index (χ4n) is 1.41. The summed E-state index contributed by atoms with van der Waals surface area (Å²) >= 11 is 1.54. The summed E-state index contributed by atoms with van der Waals surface area (Å²) in [5.74, 6) is 0. The van der Waals surface area contributed by atoms with Crippen LogP contribution in [0.2, 0.25) is 0 Å². The summed E-state index contributed by atoms with van der Waals surface area (Å²) in [4.78, 5) is 0. The molecule has 0 unspecified atom stereocenters. The van der Waals surface area contributed by atoms with Gasteiger partial charge in [0, 0.05) is 10.8 Å². The second-order valence-electron chi connectivity index (χ2n) is 2.90. The molecule has 0 amide bonds. The Morgan fingerprint density at radius 2 is 2.25 bits per heavy atom. The van der Waals surface area contributed by atoms with Crippen molar-refractivity contribution in [3.63, 3.8) is 0 Å². The van der Waals surface area contributed by atoms with Crippen LogP contribution in [0.3, 0.4) is 0 Å². The first-order chi connectivity index (χ1) is 5.92. The topological polar surface area (TPSA) is 0 Å². The third-order valence-electron chi connectivity index (χ3n) is 1.98. The van der Waals surface area contributed by atoms with Crippen LogP contribution in [0.15, 0.2) is 18.2 Å². The molecule has 1 aromatic carbocycles. The van der Waals surface area contributed by atoms with Gasteiger partial charge in [-0.1, -0.05) is 31.5 Å². The molecule has 0 saturated carbocycles. The van der Waals surface area contributed by atoms with Gasteiger partial charge in [-0.2, -0.15) is 0 Å². The molecule has 0 saturated heterocycles. The van der Waals surface area contributed by atoms with Crippen LogP contribution in [-0.2, 0) is 6.42 Å². The van der Waals surface area contributed by atoms with Crippen LogP contribution in [0.1, 0.15) is 18.9 Å². The van der Waals surface area contributed by atoms with Gasteiger partial charge in [-0.25, -0.2) is 0 Å². The molecule has 0 atom stereocenters. The first-order valence-electron chi connectivity index (χ1n) is 4.21. The molecule has 0 spiro atoms. The van der Waals surface area contributed by atoms with Crippen LogP contribution in [0, 0.1) is 10.8 Å². The zero-order valence-corrected chi connectivity index (χ0v) is 7.87. The maximum Gasteiger partial charge on any atom is 0.0537 e. The van der Waals surface area contributed by atoms with Gasteiger partial charge in [0.1, 0.15) is 0 Å². The number of hydrogen-bond donors (Lipinski definition) is 0. The zero-order valence-electron chi connectivity index (χ0n) is 7.05. The summed E-state index contributed by atoms with van der Waals surface area (Å²) in [6.07, 6.45) is 2.35. The summed E-state index contributed by atoms with van der Waals surface area (Å²) in [6, 6.07) is 6.38. The van der Waals surface area contributed by atoms with Gasteiger partial charge < -0.3 is 0 Å². The Morgan fingerprint density at radius 1 is 1.33 bits per heavy atom. The van der Waals surface area contributed by atoms with Gasteiger partial charge in [-0.3, -0.25) is 0 Å². The number of aryl methyl sites for hydroxylation is 1. The average molecular weight is 174 g/mol. The lowest BCUT2D eigenvalue weighted by atomic mass is 10.1. The highest BCUT2D eigenvalue weighted by molar-refractivity contribution is 7.08. The van der Waals surface area contributed by atoms with E-state index in [-0.39, 0.29) is 0 Å². The molecule has 1 aromatic heterocycles. The number of hydrogen-bond acceptors (Lipinski definition) is 1. The van der Waals surface area contributed by atoms with Crippen LogP contribution in [0.25, 0.3) is 10.8 Å². The van der Waals surface area contributed by atoms with E-state index in [4.69, 9.17) is 0 Å². The normalized spacial score (nSPS) is 10.8. The first kappa shape index (κ1) is 7.81. The molecule has 0 aliphatic heterocycles. The highest BCUT2D eigenvalue weighted by atomic mass is 32.1. The number of thiophene rings is 1. The molecule has 2 radical (unpaired) electrons. The Balaban J connectivity index is 2.57. The van der Waals surface area contributed by atoms with Crippen molar-refractivity contribution in [2.24, 2.45) is 0 Å². The Kier molecular flexibility index (Phi) is 2.13. The smallest absolute Gasteiger partial charge is 0.0537 e. The second kappa shape index (κ2) is 3.28. The molecule has 12 heavy (non-hydrogen) atoms. The SMILES string of the molecule is CCCc1cccc2[c]s[c]c12. The Hall–Kier alpha value is -0.820. The second-order valence-corrected chi connectivity index (χ2v) is 3.51. The fraction of sp³-hybridized carbons (Fsp3) is 0.273. The van der Waals surface area contributed by atoms with Gasteiger partial charge in [-0.15, -0.1) is 11.3 Å². The first-order valence-corrected chi connectivity index (χ1v) is 5.03. The Labute approximate surface area is 76.8 Å². The minimum Gasteiger partial charge on any atom is -0.132 e. The van der Waals surface area contributed by atoms with E-state index in [1.807, 2.05) is 0 Å². The van der Waals surface area contributed by atoms with Crippen LogP contribution in [0.4, 0.5) is 0 Å². The molecule has 60 valence electrons. The molecule has 0 aliphatic rings. The van der Waals surface area contributed by atoms with E-state index < -0.39 is 0 Å². The van der Waals surface area contributed by atoms with E-state index in [0.29, 0.717) is 0 Å². The summed E-state index contributed by atoms with van der Waals surface area (Å²) in [5, 5.41) is 8.95. The summed E-state index contributed by atoms with van der Waals surface area (Å²) in [7, 11) is 0. The third kappa shape index (κ3) is 1.25. The molecule has 2 rings (SSSR count). The minimum absolute atomic E-state index is 1.15. The van der Waals surface area contributed by atoms with E-state index >= 15 is 0 Å². The zero-order chi connectivity index (χ0) is 8.39. The van der Waals surface area contributed by atoms with Crippen LogP contribution < -0.4 is 0 Å². The minimum atomic E-state index is 1.15. The lowest BCUT2D eigenvalue weighted by Crippen LogP contribution is -1.82. The monoisotopic (exact) mass is 174 g/mol. The van der Waals surface area contributed by atoms with E-state index in [2.05, 4.69) is 35.9 Å². The molecule has 0 nitrogen and oxygen atoms in total. The maximum atomic E-state index is 3.26. The van der Waals surface area contributed by atoms with Crippen LogP contribution in [0.5, 0.6) is 0 Å². The van der Waals surface area contributed by atoms with Crippen LogP contribution >= 0.6 is 11.3 Å². The van der Waals surface area contributed by atoms with Crippen molar-refractivity contribution >= 4 is 22.1 Å². The van der Waals surface area contributed by atoms with E-state index in [9.17, 15) is 0 Å². The molecule has 0 bridgehead atoms. The van der Waals surface area contributed by atoms with Crippen molar-refractivity contribution in [1.82, 2.24) is 0 Å². The van der Waals surface area contributed by atoms with Crippen molar-refractivity contribution < 1.29 is 0 Å². The van der Waals surface area contributed by atoms with Gasteiger partial charge >= 0.3 is 0 Å². The van der Waals surface area contributed by atoms with Crippen LogP contribution in [-0.4, -0.2) is 0 Å². The van der Waals surface area contributed by atoms with E-state index in [0.717, 1.165) is 6.42 Å². The largest absolute Gasteiger partial charge is 0.132 e. The summed E-state index contributed by atoms with van der Waals surface area (Å²) < 4.78 is 0. The number of rotatable bonds is 2. The van der Waals surface area contributed by atoms with Crippen molar-refractivity contribution in [1.29, 1.82) is 0 Å². The summed E-state index contributed by atoms with van der Waals surface area (Å²) in [5.41, 5.74) is 1.41.